The highest BCUT2D eigenvalue weighted by molar-refractivity contribution is 6.00. The van der Waals surface area contributed by atoms with Gasteiger partial charge in [0.15, 0.2) is 5.92 Å². The molecule has 1 aromatic carbocycles. The van der Waals surface area contributed by atoms with E-state index < -0.39 is 17.9 Å². The number of esters is 1. The maximum atomic E-state index is 12.5. The third kappa shape index (κ3) is 2.32. The van der Waals surface area contributed by atoms with E-state index in [1.165, 1.54) is 0 Å². The lowest BCUT2D eigenvalue weighted by Gasteiger charge is -2.45. The van der Waals surface area contributed by atoms with Gasteiger partial charge >= 0.3 is 11.9 Å². The zero-order valence-electron chi connectivity index (χ0n) is 13.8. The lowest BCUT2D eigenvalue weighted by molar-refractivity contribution is -0.938. The molecule has 2 unspecified atom stereocenters. The van der Waals surface area contributed by atoms with Crippen LogP contribution in [-0.2, 0) is 19.1 Å². The van der Waals surface area contributed by atoms with Gasteiger partial charge in [0.2, 0.25) is 0 Å². The highest BCUT2D eigenvalue weighted by Crippen LogP contribution is 2.51. The Morgan fingerprint density at radius 3 is 2.29 bits per heavy atom. The van der Waals surface area contributed by atoms with Crippen LogP contribution in [-0.4, -0.2) is 66.0 Å². The Hall–Kier alpha value is -1.92. The van der Waals surface area contributed by atoms with Gasteiger partial charge in [0.25, 0.3) is 0 Å². The molecule has 2 bridgehead atoms. The van der Waals surface area contributed by atoms with Crippen molar-refractivity contribution in [3.05, 3.63) is 35.9 Å². The van der Waals surface area contributed by atoms with E-state index in [0.29, 0.717) is 17.6 Å². The molecule has 0 aliphatic carbocycles. The van der Waals surface area contributed by atoms with Gasteiger partial charge in [-0.15, -0.1) is 0 Å². The molecular weight excluding hydrogens is 310 g/mol. The van der Waals surface area contributed by atoms with Crippen LogP contribution in [0.25, 0.3) is 0 Å². The van der Waals surface area contributed by atoms with E-state index in [1.54, 1.807) is 30.3 Å². The summed E-state index contributed by atoms with van der Waals surface area (Å²) >= 11 is 0. The van der Waals surface area contributed by atoms with Gasteiger partial charge in [-0.2, -0.15) is 0 Å². The number of carboxylic acids is 1. The minimum atomic E-state index is -1.26. The number of rotatable bonds is 4. The summed E-state index contributed by atoms with van der Waals surface area (Å²) < 4.78 is 12.2. The molecule has 3 heterocycles. The number of fused-ring (bicyclic) bond motifs is 5. The van der Waals surface area contributed by atoms with Crippen LogP contribution in [0, 0.1) is 0 Å². The molecule has 3 aliphatic heterocycles. The van der Waals surface area contributed by atoms with Crippen molar-refractivity contribution < 1.29 is 28.7 Å². The summed E-state index contributed by atoms with van der Waals surface area (Å²) in [5.41, 5.74) is 0.455. The second-order valence-electron chi connectivity index (χ2n) is 7.54. The summed E-state index contributed by atoms with van der Waals surface area (Å²) in [6.45, 7) is 0. The molecule has 6 heteroatoms. The molecule has 1 aromatic rings. The maximum absolute atomic E-state index is 12.5. The molecule has 24 heavy (non-hydrogen) atoms. The van der Waals surface area contributed by atoms with Gasteiger partial charge in [-0.3, -0.25) is 9.59 Å². The largest absolute Gasteiger partial charge is 0.480 e. The normalized spacial score (nSPS) is 36.5. The number of carbonyl (C=O) groups excluding carboxylic acids is 1. The van der Waals surface area contributed by atoms with Crippen molar-refractivity contribution in [1.82, 2.24) is 0 Å². The van der Waals surface area contributed by atoms with E-state index in [4.69, 9.17) is 9.47 Å². The van der Waals surface area contributed by atoms with Gasteiger partial charge in [-0.1, -0.05) is 30.3 Å². The van der Waals surface area contributed by atoms with Crippen LogP contribution >= 0.6 is 0 Å². The Kier molecular flexibility index (Phi) is 3.44. The monoisotopic (exact) mass is 332 g/mol. The number of carbonyl (C=O) groups is 2. The van der Waals surface area contributed by atoms with Gasteiger partial charge in [-0.05, 0) is 5.56 Å². The van der Waals surface area contributed by atoms with E-state index >= 15 is 0 Å². The van der Waals surface area contributed by atoms with Crippen LogP contribution < -0.4 is 0 Å². The highest BCUT2D eigenvalue weighted by atomic mass is 16.6. The summed E-state index contributed by atoms with van der Waals surface area (Å²) in [6.07, 6.45) is 1.80. The number of benzene rings is 1. The molecule has 1 N–H and O–H groups in total. The molecule has 3 saturated heterocycles. The van der Waals surface area contributed by atoms with Crippen LogP contribution in [0.3, 0.4) is 0 Å². The van der Waals surface area contributed by atoms with Crippen molar-refractivity contribution in [3.63, 3.8) is 0 Å². The maximum Gasteiger partial charge on any atom is 0.325 e. The van der Waals surface area contributed by atoms with Gasteiger partial charge < -0.3 is 19.1 Å². The zero-order chi connectivity index (χ0) is 17.1. The Morgan fingerprint density at radius 1 is 1.17 bits per heavy atom. The summed E-state index contributed by atoms with van der Waals surface area (Å²) in [4.78, 5) is 24.1. The quantitative estimate of drug-likeness (QED) is 0.387. The second-order valence-corrected chi connectivity index (χ2v) is 7.54. The Bertz CT molecular complexity index is 653. The molecule has 0 amide bonds. The predicted octanol–water partition coefficient (Wildman–Crippen LogP) is 1.15. The van der Waals surface area contributed by atoms with Crippen molar-refractivity contribution in [2.45, 2.75) is 49.2 Å². The fourth-order valence-corrected chi connectivity index (χ4v) is 4.56. The first kappa shape index (κ1) is 15.6. The minimum Gasteiger partial charge on any atom is -0.480 e. The fourth-order valence-electron chi connectivity index (χ4n) is 4.56. The number of piperidine rings is 1. The van der Waals surface area contributed by atoms with Crippen molar-refractivity contribution >= 4 is 11.9 Å². The summed E-state index contributed by atoms with van der Waals surface area (Å²) in [5.74, 6) is -3.11. The number of likely N-dealkylation sites (N-methyl/N-ethyl adjacent to an activating group) is 1. The standard InChI is InChI=1S/C18H21NO5/c1-19(2)12-8-11(9-13(19)16-15(12)24-16)23-18(22)14(17(20)21)10-6-4-3-5-7-10/h3-7,11-16H,8-9H2,1-2H3/p+1/t11?,12-,13+,14?,15-,16+. The average Bonchev–Trinajstić information content (AvgIpc) is 3.26. The Morgan fingerprint density at radius 2 is 1.75 bits per heavy atom. The van der Waals surface area contributed by atoms with E-state index in [1.807, 2.05) is 0 Å². The van der Waals surface area contributed by atoms with Gasteiger partial charge in [0, 0.05) is 12.8 Å². The van der Waals surface area contributed by atoms with Gasteiger partial charge in [-0.25, -0.2) is 0 Å². The average molecular weight is 332 g/mol. The fraction of sp³-hybridized carbons (Fsp3) is 0.556. The molecular formula is C18H22NO5+. The molecule has 6 nitrogen and oxygen atoms in total. The highest BCUT2D eigenvalue weighted by Gasteiger charge is 2.70. The third-order valence-corrected chi connectivity index (χ3v) is 5.94. The smallest absolute Gasteiger partial charge is 0.325 e. The van der Waals surface area contributed by atoms with Crippen LogP contribution in [0.4, 0.5) is 0 Å². The number of epoxide rings is 1. The molecule has 6 atom stereocenters. The van der Waals surface area contributed by atoms with E-state index in [-0.39, 0.29) is 18.3 Å². The topological polar surface area (TPSA) is 76.1 Å². The number of morpholine rings is 1. The molecule has 4 rings (SSSR count). The molecule has 128 valence electrons. The number of ether oxygens (including phenoxy) is 2. The van der Waals surface area contributed by atoms with Crippen molar-refractivity contribution in [1.29, 1.82) is 0 Å². The second kappa shape index (κ2) is 5.29. The number of hydrogen-bond acceptors (Lipinski definition) is 4. The zero-order valence-corrected chi connectivity index (χ0v) is 13.8. The van der Waals surface area contributed by atoms with Crippen LogP contribution in [0.15, 0.2) is 30.3 Å². The predicted molar refractivity (Wildman–Crippen MR) is 84.3 cm³/mol. The first-order chi connectivity index (χ1) is 11.4. The van der Waals surface area contributed by atoms with Crippen LogP contribution in [0.5, 0.6) is 0 Å². The van der Waals surface area contributed by atoms with Crippen LogP contribution in [0.1, 0.15) is 24.3 Å². The molecule has 0 radical (unpaired) electrons. The molecule has 3 fully saturated rings. The summed E-state index contributed by atoms with van der Waals surface area (Å²) in [5, 5.41) is 9.45. The van der Waals surface area contributed by atoms with Crippen molar-refractivity contribution in [2.75, 3.05) is 14.1 Å². The number of quaternary nitrogens is 1. The minimum absolute atomic E-state index is 0.222. The lowest BCUT2D eigenvalue weighted by atomic mass is 9.95. The van der Waals surface area contributed by atoms with Crippen molar-refractivity contribution in [3.8, 4) is 0 Å². The van der Waals surface area contributed by atoms with Gasteiger partial charge in [0.05, 0.1) is 14.1 Å². The Balaban J connectivity index is 1.48. The third-order valence-electron chi connectivity index (χ3n) is 5.94. The van der Waals surface area contributed by atoms with E-state index in [0.717, 1.165) is 17.3 Å². The van der Waals surface area contributed by atoms with Crippen molar-refractivity contribution in [2.24, 2.45) is 0 Å². The molecule has 3 aliphatic rings. The number of nitrogens with zero attached hydrogens (tertiary/aromatic N) is 1. The van der Waals surface area contributed by atoms with E-state index in [2.05, 4.69) is 14.1 Å². The summed E-state index contributed by atoms with van der Waals surface area (Å²) in [6, 6.07) is 9.19. The molecule has 0 spiro atoms. The number of carboxylic acid groups (broad SMARTS) is 1. The summed E-state index contributed by atoms with van der Waals surface area (Å²) in [7, 11) is 4.40. The SMILES string of the molecule is C[N+]1(C)[C@@H]2CC(OC(=O)C(C(=O)O)c3ccccc3)C[C@H]1[C@@H]1O[C@@H]12. The number of aliphatic carboxylic acids is 1. The molecule has 0 aromatic heterocycles. The van der Waals surface area contributed by atoms with Crippen LogP contribution in [0.2, 0.25) is 0 Å². The first-order valence-electron chi connectivity index (χ1n) is 8.36. The van der Waals surface area contributed by atoms with Gasteiger partial charge in [0.1, 0.15) is 30.4 Å². The van der Waals surface area contributed by atoms with E-state index in [9.17, 15) is 14.7 Å². The Labute approximate surface area is 140 Å². The first-order valence-corrected chi connectivity index (χ1v) is 8.36. The lowest BCUT2D eigenvalue weighted by Crippen LogP contribution is -2.60. The number of hydrogen-bond donors (Lipinski definition) is 1. The molecule has 0 saturated carbocycles.